The van der Waals surface area contributed by atoms with E-state index in [1.54, 1.807) is 11.3 Å². The minimum absolute atomic E-state index is 0.371. The molecule has 1 aromatic carbocycles. The number of nitrogens with zero attached hydrogens (tertiary/aromatic N) is 1. The van der Waals surface area contributed by atoms with E-state index in [1.165, 1.54) is 21.2 Å². The predicted octanol–water partition coefficient (Wildman–Crippen LogP) is 5.71. The maximum absolute atomic E-state index is 5.54. The molecule has 0 amide bonds. The normalized spacial score (nSPS) is 12.0. The van der Waals surface area contributed by atoms with Crippen LogP contribution in [-0.2, 0) is 0 Å². The van der Waals surface area contributed by atoms with E-state index >= 15 is 0 Å². The fraction of sp³-hybridized carbons (Fsp3) is 0.562. The van der Waals surface area contributed by atoms with Gasteiger partial charge in [-0.1, -0.05) is 32.5 Å². The minimum atomic E-state index is 0.371. The molecule has 0 unspecified atom stereocenters. The molecule has 0 atom stereocenters. The molecule has 1 heterocycles. The van der Waals surface area contributed by atoms with Gasteiger partial charge in [-0.05, 0) is 37.3 Å². The molecule has 0 spiro atoms. The van der Waals surface area contributed by atoms with Crippen LogP contribution in [0.3, 0.4) is 0 Å². The summed E-state index contributed by atoms with van der Waals surface area (Å²) in [7, 11) is 0. The first-order valence-electron chi connectivity index (χ1n) is 7.28. The van der Waals surface area contributed by atoms with E-state index in [4.69, 9.17) is 4.74 Å². The topological polar surface area (TPSA) is 22.1 Å². The van der Waals surface area contributed by atoms with Gasteiger partial charge in [-0.2, -0.15) is 11.8 Å². The van der Waals surface area contributed by atoms with E-state index in [1.807, 2.05) is 36.5 Å². The highest BCUT2D eigenvalue weighted by molar-refractivity contribution is 8.01. The van der Waals surface area contributed by atoms with Gasteiger partial charge in [-0.15, -0.1) is 11.3 Å². The molecule has 0 saturated carbocycles. The van der Waals surface area contributed by atoms with Crippen molar-refractivity contribution in [1.29, 1.82) is 0 Å². The summed E-state index contributed by atoms with van der Waals surface area (Å²) in [4.78, 5) is 4.68. The van der Waals surface area contributed by atoms with Gasteiger partial charge in [0.05, 0.1) is 16.8 Å². The Morgan fingerprint density at radius 2 is 2.05 bits per heavy atom. The summed E-state index contributed by atoms with van der Waals surface area (Å²) in [6.45, 7) is 9.53. The number of aromatic nitrogens is 1. The lowest BCUT2D eigenvalue weighted by Crippen LogP contribution is -2.08. The summed E-state index contributed by atoms with van der Waals surface area (Å²) in [5, 5.41) is 0. The second kappa shape index (κ2) is 7.75. The quantitative estimate of drug-likeness (QED) is 0.475. The summed E-state index contributed by atoms with van der Waals surface area (Å²) >= 11 is 5.67. The van der Waals surface area contributed by atoms with Gasteiger partial charge in [0.15, 0.2) is 4.34 Å². The molecule has 0 saturated heterocycles. The molecule has 1 aromatic heterocycles. The van der Waals surface area contributed by atoms with E-state index in [9.17, 15) is 0 Å². The van der Waals surface area contributed by atoms with Gasteiger partial charge >= 0.3 is 0 Å². The molecule has 0 aliphatic rings. The highest BCUT2D eigenvalue weighted by atomic mass is 32.2. The Labute approximate surface area is 140 Å². The Morgan fingerprint density at radius 1 is 1.24 bits per heavy atom. The summed E-state index contributed by atoms with van der Waals surface area (Å²) in [5.41, 5.74) is 1.08. The molecule has 2 rings (SSSR count). The zero-order valence-electron chi connectivity index (χ0n) is 13.1. The first-order chi connectivity index (χ1) is 9.98. The molecule has 21 heavy (non-hydrogen) atoms. The zero-order chi connectivity index (χ0) is 15.3. The third-order valence-electron chi connectivity index (χ3n) is 2.70. The van der Waals surface area contributed by atoms with Crippen LogP contribution in [0.2, 0.25) is 0 Å². The maximum Gasteiger partial charge on any atom is 0.151 e. The Kier molecular flexibility index (Phi) is 6.26. The van der Waals surface area contributed by atoms with Crippen LogP contribution >= 0.6 is 34.9 Å². The summed E-state index contributed by atoms with van der Waals surface area (Å²) in [5.74, 6) is 3.30. The maximum atomic E-state index is 5.54. The van der Waals surface area contributed by atoms with Gasteiger partial charge in [0.1, 0.15) is 5.75 Å². The predicted molar refractivity (Wildman–Crippen MR) is 98.3 cm³/mol. The van der Waals surface area contributed by atoms with Crippen molar-refractivity contribution in [3.63, 3.8) is 0 Å². The first-order valence-corrected chi connectivity index (χ1v) is 10.1. The van der Waals surface area contributed by atoms with Gasteiger partial charge in [0, 0.05) is 10.5 Å². The Balaban J connectivity index is 1.85. The molecule has 0 radical (unpaired) electrons. The summed E-state index contributed by atoms with van der Waals surface area (Å²) in [6.07, 6.45) is 1.23. The lowest BCUT2D eigenvalue weighted by molar-refractivity contribution is 0.341. The Bertz CT molecular complexity index is 574. The van der Waals surface area contributed by atoms with Crippen LogP contribution in [0.25, 0.3) is 10.2 Å². The molecular weight excluding hydrogens is 318 g/mol. The van der Waals surface area contributed by atoms with Gasteiger partial charge in [0.2, 0.25) is 0 Å². The number of thiazole rings is 1. The van der Waals surface area contributed by atoms with Crippen LogP contribution in [0.15, 0.2) is 22.5 Å². The van der Waals surface area contributed by atoms with Gasteiger partial charge in [-0.3, -0.25) is 0 Å². The van der Waals surface area contributed by atoms with Crippen molar-refractivity contribution in [2.24, 2.45) is 0 Å². The molecule has 2 aromatic rings. The average Bonchev–Trinajstić information content (AvgIpc) is 2.79. The molecule has 5 heteroatoms. The van der Waals surface area contributed by atoms with E-state index in [0.29, 0.717) is 11.4 Å². The van der Waals surface area contributed by atoms with Crippen molar-refractivity contribution >= 4 is 45.1 Å². The number of ether oxygens (including phenoxy) is 1. The minimum Gasteiger partial charge on any atom is -0.494 e. The van der Waals surface area contributed by atoms with Crippen LogP contribution in [0.1, 0.15) is 34.1 Å². The SMILES string of the molecule is CCOc1ccc2nc(SCCCSC(C)(C)C)sc2c1. The lowest BCUT2D eigenvalue weighted by atomic mass is 10.3. The van der Waals surface area contributed by atoms with E-state index in [-0.39, 0.29) is 0 Å². The van der Waals surface area contributed by atoms with Crippen molar-refractivity contribution in [3.8, 4) is 5.75 Å². The first kappa shape index (κ1) is 17.0. The van der Waals surface area contributed by atoms with E-state index < -0.39 is 0 Å². The molecule has 0 aliphatic carbocycles. The van der Waals surface area contributed by atoms with Gasteiger partial charge in [-0.25, -0.2) is 4.98 Å². The highest BCUT2D eigenvalue weighted by Gasteiger charge is 2.10. The number of hydrogen-bond acceptors (Lipinski definition) is 5. The third-order valence-corrected chi connectivity index (χ3v) is 6.31. The molecule has 0 N–H and O–H groups in total. The molecule has 0 fully saturated rings. The number of thioether (sulfide) groups is 2. The zero-order valence-corrected chi connectivity index (χ0v) is 15.6. The highest BCUT2D eigenvalue weighted by Crippen LogP contribution is 2.32. The molecule has 116 valence electrons. The lowest BCUT2D eigenvalue weighted by Gasteiger charge is -2.16. The van der Waals surface area contributed by atoms with Crippen molar-refractivity contribution < 1.29 is 4.74 Å². The van der Waals surface area contributed by atoms with Crippen LogP contribution in [0.5, 0.6) is 5.75 Å². The van der Waals surface area contributed by atoms with Crippen LogP contribution in [0, 0.1) is 0 Å². The largest absolute Gasteiger partial charge is 0.494 e. The Morgan fingerprint density at radius 3 is 2.76 bits per heavy atom. The van der Waals surface area contributed by atoms with Gasteiger partial charge in [0.25, 0.3) is 0 Å². The number of benzene rings is 1. The second-order valence-corrected chi connectivity index (χ2v) is 10.00. The molecule has 0 bridgehead atoms. The molecule has 0 aliphatic heterocycles. The Hall–Kier alpha value is -0.390. The van der Waals surface area contributed by atoms with E-state index in [2.05, 4.69) is 37.9 Å². The van der Waals surface area contributed by atoms with Gasteiger partial charge < -0.3 is 4.74 Å². The molecular formula is C16H23NOS3. The monoisotopic (exact) mass is 341 g/mol. The van der Waals surface area contributed by atoms with Crippen LogP contribution in [-0.4, -0.2) is 27.8 Å². The summed E-state index contributed by atoms with van der Waals surface area (Å²) in [6, 6.07) is 6.15. The van der Waals surface area contributed by atoms with E-state index in [0.717, 1.165) is 17.0 Å². The van der Waals surface area contributed by atoms with Crippen molar-refractivity contribution in [1.82, 2.24) is 4.98 Å². The third kappa shape index (κ3) is 5.72. The summed E-state index contributed by atoms with van der Waals surface area (Å²) < 4.78 is 8.29. The van der Waals surface area contributed by atoms with Crippen molar-refractivity contribution in [2.45, 2.75) is 43.2 Å². The fourth-order valence-corrected chi connectivity index (χ4v) is 4.99. The van der Waals surface area contributed by atoms with Crippen LogP contribution < -0.4 is 4.74 Å². The smallest absolute Gasteiger partial charge is 0.151 e. The number of hydrogen-bond donors (Lipinski definition) is 0. The average molecular weight is 342 g/mol. The van der Waals surface area contributed by atoms with Crippen molar-refractivity contribution in [2.75, 3.05) is 18.1 Å². The number of fused-ring (bicyclic) bond motifs is 1. The van der Waals surface area contributed by atoms with Crippen LogP contribution in [0.4, 0.5) is 0 Å². The second-order valence-electron chi connectivity index (χ2n) is 5.71. The number of rotatable bonds is 7. The molecule has 2 nitrogen and oxygen atoms in total. The fourth-order valence-electron chi connectivity index (χ4n) is 1.80. The standard InChI is InChI=1S/C16H23NOS3/c1-5-18-12-7-8-13-14(11-12)21-15(17-13)19-9-6-10-20-16(2,3)4/h7-8,11H,5-6,9-10H2,1-4H3. The van der Waals surface area contributed by atoms with Crippen molar-refractivity contribution in [3.05, 3.63) is 18.2 Å².